The van der Waals surface area contributed by atoms with Crippen LogP contribution >= 0.6 is 15.9 Å². The van der Waals surface area contributed by atoms with Gasteiger partial charge in [0.1, 0.15) is 5.82 Å². The number of carbonyl (C=O) groups is 1. The number of anilines is 2. The van der Waals surface area contributed by atoms with Crippen molar-refractivity contribution in [3.8, 4) is 0 Å². The molecule has 0 saturated heterocycles. The summed E-state index contributed by atoms with van der Waals surface area (Å²) >= 11 is 3.18. The first-order valence-electron chi connectivity index (χ1n) is 6.42. The number of nitrogens with one attached hydrogen (secondary N) is 2. The highest BCUT2D eigenvalue weighted by Crippen LogP contribution is 2.25. The second-order valence-electron chi connectivity index (χ2n) is 4.49. The molecule has 0 aliphatic carbocycles. The number of rotatable bonds is 5. The van der Waals surface area contributed by atoms with Gasteiger partial charge in [-0.1, -0.05) is 34.1 Å². The molecule has 2 aromatic carbocycles. The molecule has 0 heterocycles. The minimum absolute atomic E-state index is 0.157. The number of carboxylic acid groups (broad SMARTS) is 1. The lowest BCUT2D eigenvalue weighted by Crippen LogP contribution is -2.11. The van der Waals surface area contributed by atoms with Crippen LogP contribution < -0.4 is 10.6 Å². The van der Waals surface area contributed by atoms with Gasteiger partial charge in [-0.3, -0.25) is 5.32 Å². The number of halogens is 2. The van der Waals surface area contributed by atoms with Gasteiger partial charge < -0.3 is 15.5 Å². The molecule has 0 spiro atoms. The van der Waals surface area contributed by atoms with Gasteiger partial charge in [-0.15, -0.1) is 0 Å². The van der Waals surface area contributed by atoms with E-state index in [4.69, 9.17) is 5.11 Å². The largest absolute Gasteiger partial charge is 0.465 e. The van der Waals surface area contributed by atoms with Gasteiger partial charge in [-0.2, -0.15) is 0 Å². The number of aliphatic hydroxyl groups is 1. The Morgan fingerprint density at radius 2 is 1.86 bits per heavy atom. The molecule has 2 rings (SSSR count). The van der Waals surface area contributed by atoms with Crippen LogP contribution in [-0.2, 0) is 13.2 Å². The predicted octanol–water partition coefficient (Wildman–Crippen LogP) is 3.78. The lowest BCUT2D eigenvalue weighted by atomic mass is 10.1. The smallest absolute Gasteiger partial charge is 0.409 e. The average Bonchev–Trinajstić information content (AvgIpc) is 2.48. The molecule has 1 amide bonds. The molecule has 0 radical (unpaired) electrons. The second kappa shape index (κ2) is 7.24. The van der Waals surface area contributed by atoms with Crippen LogP contribution in [0.1, 0.15) is 11.1 Å². The molecule has 0 atom stereocenters. The van der Waals surface area contributed by atoms with Crippen molar-refractivity contribution in [3.05, 3.63) is 57.8 Å². The average molecular weight is 369 g/mol. The molecule has 0 unspecified atom stereocenters. The highest BCUT2D eigenvalue weighted by molar-refractivity contribution is 9.10. The van der Waals surface area contributed by atoms with Gasteiger partial charge in [-0.25, -0.2) is 9.18 Å². The lowest BCUT2D eigenvalue weighted by molar-refractivity contribution is 0.210. The highest BCUT2D eigenvalue weighted by atomic mass is 79.9. The van der Waals surface area contributed by atoms with E-state index >= 15 is 0 Å². The fraction of sp³-hybridized carbons (Fsp3) is 0.133. The van der Waals surface area contributed by atoms with Crippen LogP contribution in [-0.4, -0.2) is 16.3 Å². The molecule has 116 valence electrons. The number of hydrogen-bond acceptors (Lipinski definition) is 3. The summed E-state index contributed by atoms with van der Waals surface area (Å²) < 4.78 is 14.7. The van der Waals surface area contributed by atoms with E-state index in [0.29, 0.717) is 21.4 Å². The Bertz CT molecular complexity index is 694. The van der Waals surface area contributed by atoms with E-state index in [1.54, 1.807) is 36.4 Å². The summed E-state index contributed by atoms with van der Waals surface area (Å²) in [5, 5.41) is 23.2. The molecule has 0 aliphatic heterocycles. The van der Waals surface area contributed by atoms with Gasteiger partial charge in [-0.05, 0) is 18.2 Å². The molecule has 4 N–H and O–H groups in total. The zero-order valence-corrected chi connectivity index (χ0v) is 13.0. The molecular formula is C15H14BrFN2O3. The van der Waals surface area contributed by atoms with E-state index in [2.05, 4.69) is 26.6 Å². The first-order valence-corrected chi connectivity index (χ1v) is 7.21. The maximum atomic E-state index is 14.2. The van der Waals surface area contributed by atoms with E-state index in [1.165, 1.54) is 0 Å². The van der Waals surface area contributed by atoms with Gasteiger partial charge in [0.15, 0.2) is 0 Å². The number of aliphatic hydroxyl groups excluding tert-OH is 1. The third kappa shape index (κ3) is 3.75. The zero-order chi connectivity index (χ0) is 16.1. The highest BCUT2D eigenvalue weighted by Gasteiger charge is 2.12. The third-order valence-electron chi connectivity index (χ3n) is 3.06. The Morgan fingerprint density at radius 3 is 2.50 bits per heavy atom. The van der Waals surface area contributed by atoms with Crippen molar-refractivity contribution < 1.29 is 19.4 Å². The fourth-order valence-electron chi connectivity index (χ4n) is 1.98. The van der Waals surface area contributed by atoms with Crippen LogP contribution in [0.5, 0.6) is 0 Å². The number of amides is 1. The minimum atomic E-state index is -1.17. The van der Waals surface area contributed by atoms with E-state index < -0.39 is 18.5 Å². The fourth-order valence-corrected chi connectivity index (χ4v) is 2.41. The monoisotopic (exact) mass is 368 g/mol. The van der Waals surface area contributed by atoms with Crippen LogP contribution in [0.15, 0.2) is 40.9 Å². The van der Waals surface area contributed by atoms with Gasteiger partial charge in [0, 0.05) is 22.1 Å². The van der Waals surface area contributed by atoms with Gasteiger partial charge in [0.05, 0.1) is 18.0 Å². The van der Waals surface area contributed by atoms with Crippen LogP contribution in [0.2, 0.25) is 0 Å². The molecular weight excluding hydrogens is 355 g/mol. The maximum absolute atomic E-state index is 14.2. The normalized spacial score (nSPS) is 10.3. The van der Waals surface area contributed by atoms with Crippen LogP contribution in [0.4, 0.5) is 20.6 Å². The molecule has 22 heavy (non-hydrogen) atoms. The Kier molecular flexibility index (Phi) is 5.35. The SMILES string of the molecule is O=C(O)Nc1ccccc1NCc1ccc(Br)c(CO)c1F. The zero-order valence-electron chi connectivity index (χ0n) is 11.4. The van der Waals surface area contributed by atoms with E-state index in [9.17, 15) is 14.3 Å². The van der Waals surface area contributed by atoms with Crippen molar-refractivity contribution >= 4 is 33.4 Å². The third-order valence-corrected chi connectivity index (χ3v) is 3.81. The van der Waals surface area contributed by atoms with E-state index in [1.807, 2.05) is 0 Å². The predicted molar refractivity (Wildman–Crippen MR) is 85.4 cm³/mol. The molecule has 0 bridgehead atoms. The first kappa shape index (κ1) is 16.3. The Morgan fingerprint density at radius 1 is 1.18 bits per heavy atom. The van der Waals surface area contributed by atoms with Gasteiger partial charge >= 0.3 is 6.09 Å². The van der Waals surface area contributed by atoms with Crippen molar-refractivity contribution in [2.24, 2.45) is 0 Å². The Hall–Kier alpha value is -2.12. The van der Waals surface area contributed by atoms with Crippen LogP contribution in [0.25, 0.3) is 0 Å². The summed E-state index contributed by atoms with van der Waals surface area (Å²) in [5.74, 6) is -0.493. The molecule has 0 aromatic heterocycles. The maximum Gasteiger partial charge on any atom is 0.409 e. The first-order chi connectivity index (χ1) is 10.5. The Labute approximate surface area is 134 Å². The van der Waals surface area contributed by atoms with Crippen molar-refractivity contribution in [2.75, 3.05) is 10.6 Å². The molecule has 0 saturated carbocycles. The summed E-state index contributed by atoms with van der Waals surface area (Å²) in [4.78, 5) is 10.7. The minimum Gasteiger partial charge on any atom is -0.465 e. The van der Waals surface area contributed by atoms with Crippen molar-refractivity contribution in [1.29, 1.82) is 0 Å². The quantitative estimate of drug-likeness (QED) is 0.647. The van der Waals surface area contributed by atoms with Crippen molar-refractivity contribution in [2.45, 2.75) is 13.2 Å². The standard InChI is InChI=1S/C15H14BrFN2O3/c16-11-6-5-9(14(17)10(11)8-20)7-18-12-3-1-2-4-13(12)19-15(21)22/h1-6,18-20H,7-8H2,(H,21,22). The molecule has 7 heteroatoms. The van der Waals surface area contributed by atoms with Crippen LogP contribution in [0, 0.1) is 5.82 Å². The summed E-state index contributed by atoms with van der Waals surface area (Å²) in [6.45, 7) is -0.248. The van der Waals surface area contributed by atoms with Crippen molar-refractivity contribution in [1.82, 2.24) is 0 Å². The number of para-hydroxylation sites is 2. The van der Waals surface area contributed by atoms with Crippen LogP contribution in [0.3, 0.4) is 0 Å². The second-order valence-corrected chi connectivity index (χ2v) is 5.34. The summed E-state index contributed by atoms with van der Waals surface area (Å²) in [6, 6.07) is 9.99. The molecule has 0 aliphatic rings. The summed E-state index contributed by atoms with van der Waals surface area (Å²) in [7, 11) is 0. The summed E-state index contributed by atoms with van der Waals surface area (Å²) in [5.41, 5.74) is 1.49. The lowest BCUT2D eigenvalue weighted by Gasteiger charge is -2.13. The molecule has 5 nitrogen and oxygen atoms in total. The van der Waals surface area contributed by atoms with Gasteiger partial charge in [0.2, 0.25) is 0 Å². The number of hydrogen-bond donors (Lipinski definition) is 4. The molecule has 0 fully saturated rings. The van der Waals surface area contributed by atoms with E-state index in [-0.39, 0.29) is 12.1 Å². The topological polar surface area (TPSA) is 81.6 Å². The molecule has 2 aromatic rings. The Balaban J connectivity index is 2.19. The number of benzene rings is 2. The van der Waals surface area contributed by atoms with Crippen molar-refractivity contribution in [3.63, 3.8) is 0 Å². The summed E-state index contributed by atoms with van der Waals surface area (Å²) in [6.07, 6.45) is -1.17. The van der Waals surface area contributed by atoms with Gasteiger partial charge in [0.25, 0.3) is 0 Å². The van der Waals surface area contributed by atoms with E-state index in [0.717, 1.165) is 0 Å².